The predicted molar refractivity (Wildman–Crippen MR) is 70.5 cm³/mol. The Morgan fingerprint density at radius 3 is 2.53 bits per heavy atom. The Balaban J connectivity index is 1.94. The number of rotatable bonds is 1. The number of para-hydroxylation sites is 1. The fraction of sp³-hybridized carbons (Fsp3) is 0.143. The Morgan fingerprint density at radius 2 is 1.71 bits per heavy atom. The van der Waals surface area contributed by atoms with Crippen LogP contribution in [0.2, 0.25) is 0 Å². The standard InChI is InChI=1S/C14H14BNO/c1-11-13-9-5-6-10-14(13)17-15(16-11)12-7-3-2-4-8-12/h2-11,16H,1H3. The van der Waals surface area contributed by atoms with Crippen LogP contribution >= 0.6 is 0 Å². The summed E-state index contributed by atoms with van der Waals surface area (Å²) in [6, 6.07) is 18.8. The molecule has 0 bridgehead atoms. The summed E-state index contributed by atoms with van der Waals surface area (Å²) in [5.74, 6) is 0.979. The van der Waals surface area contributed by atoms with E-state index < -0.39 is 0 Å². The van der Waals surface area contributed by atoms with Crippen molar-refractivity contribution in [3.8, 4) is 5.75 Å². The summed E-state index contributed by atoms with van der Waals surface area (Å²) in [5.41, 5.74) is 2.38. The predicted octanol–water partition coefficient (Wildman–Crippen LogP) is 2.12. The van der Waals surface area contributed by atoms with Crippen LogP contribution in [0.4, 0.5) is 0 Å². The third-order valence-electron chi connectivity index (χ3n) is 3.13. The molecule has 2 nitrogen and oxygen atoms in total. The zero-order valence-corrected chi connectivity index (χ0v) is 9.76. The molecule has 1 aliphatic rings. The van der Waals surface area contributed by atoms with E-state index in [1.807, 2.05) is 36.4 Å². The number of nitrogens with one attached hydrogen (secondary N) is 1. The lowest BCUT2D eigenvalue weighted by Crippen LogP contribution is -2.53. The molecule has 3 rings (SSSR count). The molecule has 1 atom stereocenters. The summed E-state index contributed by atoms with van der Waals surface area (Å²) in [7, 11) is -0.0545. The van der Waals surface area contributed by atoms with Crippen LogP contribution in [0.5, 0.6) is 5.75 Å². The van der Waals surface area contributed by atoms with Gasteiger partial charge in [-0.1, -0.05) is 48.5 Å². The maximum Gasteiger partial charge on any atom is 0.483 e. The molecule has 17 heavy (non-hydrogen) atoms. The van der Waals surface area contributed by atoms with Crippen molar-refractivity contribution in [3.05, 3.63) is 60.2 Å². The first-order valence-corrected chi connectivity index (χ1v) is 5.91. The lowest BCUT2D eigenvalue weighted by Gasteiger charge is -2.29. The topological polar surface area (TPSA) is 21.3 Å². The summed E-state index contributed by atoms with van der Waals surface area (Å²) in [6.45, 7) is 2.16. The minimum atomic E-state index is -0.0545. The third kappa shape index (κ3) is 1.94. The first kappa shape index (κ1) is 10.4. The Morgan fingerprint density at radius 1 is 1.00 bits per heavy atom. The molecule has 1 aliphatic heterocycles. The van der Waals surface area contributed by atoms with Gasteiger partial charge in [0.25, 0.3) is 0 Å². The van der Waals surface area contributed by atoms with E-state index >= 15 is 0 Å². The summed E-state index contributed by atoms with van der Waals surface area (Å²) in [6.07, 6.45) is 0. The van der Waals surface area contributed by atoms with E-state index in [-0.39, 0.29) is 7.05 Å². The molecule has 84 valence electrons. The largest absolute Gasteiger partial charge is 0.542 e. The highest BCUT2D eigenvalue weighted by Gasteiger charge is 2.30. The molecule has 0 saturated heterocycles. The molecule has 2 aromatic carbocycles. The summed E-state index contributed by atoms with van der Waals surface area (Å²) >= 11 is 0. The highest BCUT2D eigenvalue weighted by Crippen LogP contribution is 2.28. The van der Waals surface area contributed by atoms with Gasteiger partial charge < -0.3 is 9.88 Å². The molecule has 0 aromatic heterocycles. The molecule has 3 heteroatoms. The molecular weight excluding hydrogens is 209 g/mol. The quantitative estimate of drug-likeness (QED) is 0.747. The average molecular weight is 223 g/mol. The summed E-state index contributed by atoms with van der Waals surface area (Å²) in [4.78, 5) is 0. The maximum atomic E-state index is 5.98. The van der Waals surface area contributed by atoms with Gasteiger partial charge in [-0.2, -0.15) is 0 Å². The van der Waals surface area contributed by atoms with Gasteiger partial charge in [-0.15, -0.1) is 0 Å². The highest BCUT2D eigenvalue weighted by atomic mass is 16.4. The minimum absolute atomic E-state index is 0.0545. The van der Waals surface area contributed by atoms with Gasteiger partial charge in [-0.05, 0) is 18.5 Å². The molecule has 0 amide bonds. The third-order valence-corrected chi connectivity index (χ3v) is 3.13. The number of hydrogen-bond acceptors (Lipinski definition) is 2. The molecular formula is C14H14BNO. The van der Waals surface area contributed by atoms with E-state index in [2.05, 4.69) is 30.4 Å². The van der Waals surface area contributed by atoms with Crippen molar-refractivity contribution >= 4 is 12.5 Å². The SMILES string of the molecule is CC1NB(c2ccccc2)Oc2ccccc21. The summed E-state index contributed by atoms with van der Waals surface area (Å²) in [5, 5.41) is 3.47. The summed E-state index contributed by atoms with van der Waals surface area (Å²) < 4.78 is 5.98. The molecule has 1 unspecified atom stereocenters. The van der Waals surface area contributed by atoms with Crippen LogP contribution in [0.15, 0.2) is 54.6 Å². The van der Waals surface area contributed by atoms with E-state index in [0.717, 1.165) is 11.2 Å². The van der Waals surface area contributed by atoms with E-state index in [0.29, 0.717) is 6.04 Å². The highest BCUT2D eigenvalue weighted by molar-refractivity contribution is 6.66. The average Bonchev–Trinajstić information content (AvgIpc) is 2.40. The smallest absolute Gasteiger partial charge is 0.483 e. The second-order valence-electron chi connectivity index (χ2n) is 4.33. The van der Waals surface area contributed by atoms with Crippen molar-refractivity contribution in [1.82, 2.24) is 5.23 Å². The Labute approximate surface area is 102 Å². The van der Waals surface area contributed by atoms with Crippen LogP contribution in [0.1, 0.15) is 18.5 Å². The first-order valence-electron chi connectivity index (χ1n) is 5.91. The van der Waals surface area contributed by atoms with E-state index in [1.165, 1.54) is 5.56 Å². The van der Waals surface area contributed by atoms with Gasteiger partial charge in [-0.25, -0.2) is 0 Å². The first-order chi connectivity index (χ1) is 8.34. The molecule has 1 N–H and O–H groups in total. The second-order valence-corrected chi connectivity index (χ2v) is 4.33. The normalized spacial score (nSPS) is 18.4. The number of fused-ring (bicyclic) bond motifs is 1. The van der Waals surface area contributed by atoms with Gasteiger partial charge >= 0.3 is 7.05 Å². The van der Waals surface area contributed by atoms with Gasteiger partial charge in [0.1, 0.15) is 5.75 Å². The van der Waals surface area contributed by atoms with Gasteiger partial charge in [0.15, 0.2) is 0 Å². The van der Waals surface area contributed by atoms with E-state index in [4.69, 9.17) is 4.65 Å². The van der Waals surface area contributed by atoms with E-state index in [9.17, 15) is 0 Å². The van der Waals surface area contributed by atoms with Crippen LogP contribution < -0.4 is 15.3 Å². The lowest BCUT2D eigenvalue weighted by molar-refractivity contribution is 0.492. The van der Waals surface area contributed by atoms with E-state index in [1.54, 1.807) is 0 Å². The molecule has 2 aromatic rings. The Bertz CT molecular complexity index is 515. The number of benzene rings is 2. The van der Waals surface area contributed by atoms with Crippen LogP contribution in [-0.2, 0) is 0 Å². The van der Waals surface area contributed by atoms with Crippen LogP contribution in [0.3, 0.4) is 0 Å². The Kier molecular flexibility index (Phi) is 2.61. The van der Waals surface area contributed by atoms with Crippen LogP contribution in [0, 0.1) is 0 Å². The Hall–Kier alpha value is -1.74. The molecule has 0 fully saturated rings. The van der Waals surface area contributed by atoms with Crippen molar-refractivity contribution in [2.24, 2.45) is 0 Å². The van der Waals surface area contributed by atoms with Crippen molar-refractivity contribution in [1.29, 1.82) is 0 Å². The van der Waals surface area contributed by atoms with Crippen LogP contribution in [0.25, 0.3) is 0 Å². The van der Waals surface area contributed by atoms with Gasteiger partial charge in [0, 0.05) is 11.6 Å². The van der Waals surface area contributed by atoms with Crippen molar-refractivity contribution in [2.45, 2.75) is 13.0 Å². The zero-order chi connectivity index (χ0) is 11.7. The van der Waals surface area contributed by atoms with Crippen molar-refractivity contribution in [3.63, 3.8) is 0 Å². The van der Waals surface area contributed by atoms with Gasteiger partial charge in [-0.3, -0.25) is 0 Å². The minimum Gasteiger partial charge on any atom is -0.542 e. The monoisotopic (exact) mass is 223 g/mol. The molecule has 0 radical (unpaired) electrons. The van der Waals surface area contributed by atoms with Gasteiger partial charge in [0.2, 0.25) is 0 Å². The number of hydrogen-bond donors (Lipinski definition) is 1. The molecule has 0 aliphatic carbocycles. The molecule has 0 spiro atoms. The van der Waals surface area contributed by atoms with Gasteiger partial charge in [0.05, 0.1) is 0 Å². The fourth-order valence-corrected chi connectivity index (χ4v) is 2.22. The molecule has 0 saturated carbocycles. The van der Waals surface area contributed by atoms with Crippen molar-refractivity contribution in [2.75, 3.05) is 0 Å². The lowest BCUT2D eigenvalue weighted by atomic mass is 9.71. The van der Waals surface area contributed by atoms with Crippen LogP contribution in [-0.4, -0.2) is 7.05 Å². The van der Waals surface area contributed by atoms with Crippen molar-refractivity contribution < 1.29 is 4.65 Å². The fourth-order valence-electron chi connectivity index (χ4n) is 2.22. The molecule has 1 heterocycles. The maximum absolute atomic E-state index is 5.98. The second kappa shape index (κ2) is 4.26. The zero-order valence-electron chi connectivity index (χ0n) is 9.76.